The van der Waals surface area contributed by atoms with E-state index in [0.29, 0.717) is 35.6 Å². The quantitative estimate of drug-likeness (QED) is 0.352. The summed E-state index contributed by atoms with van der Waals surface area (Å²) >= 11 is 0. The predicted molar refractivity (Wildman–Crippen MR) is 129 cm³/mol. The van der Waals surface area contributed by atoms with Gasteiger partial charge in [0.2, 0.25) is 0 Å². The van der Waals surface area contributed by atoms with Gasteiger partial charge in [0, 0.05) is 23.6 Å². The largest absolute Gasteiger partial charge is 0.490 e. The first-order valence-corrected chi connectivity index (χ1v) is 11.3. The highest BCUT2D eigenvalue weighted by Gasteiger charge is 2.22. The molecule has 1 fully saturated rings. The van der Waals surface area contributed by atoms with E-state index in [9.17, 15) is 14.3 Å². The highest BCUT2D eigenvalue weighted by atomic mass is 19.1. The Labute approximate surface area is 196 Å². The molecule has 1 aliphatic carbocycles. The van der Waals surface area contributed by atoms with Gasteiger partial charge in [0.25, 0.3) is 0 Å². The summed E-state index contributed by atoms with van der Waals surface area (Å²) < 4.78 is 20.0. The van der Waals surface area contributed by atoms with Gasteiger partial charge in [-0.05, 0) is 60.9 Å². The van der Waals surface area contributed by atoms with Crippen molar-refractivity contribution in [2.75, 3.05) is 11.9 Å². The lowest BCUT2D eigenvalue weighted by Gasteiger charge is -2.27. The van der Waals surface area contributed by atoms with Crippen LogP contribution in [0.1, 0.15) is 35.2 Å². The fourth-order valence-electron chi connectivity index (χ4n) is 4.01. The molecule has 0 atom stereocenters. The number of rotatable bonds is 8. The molecule has 7 heteroatoms. The fraction of sp³-hybridized carbons (Fsp3) is 0.222. The first-order valence-electron chi connectivity index (χ1n) is 11.3. The number of halogens is 1. The second kappa shape index (κ2) is 9.47. The fourth-order valence-corrected chi connectivity index (χ4v) is 4.01. The van der Waals surface area contributed by atoms with Crippen LogP contribution in [-0.2, 0) is 6.42 Å². The molecule has 0 radical (unpaired) electrons. The number of nitrogens with one attached hydrogen (secondary N) is 1. The van der Waals surface area contributed by atoms with E-state index < -0.39 is 5.97 Å². The number of hydrogen-bond acceptors (Lipinski definition) is 5. The minimum atomic E-state index is -1.01. The highest BCUT2D eigenvalue weighted by Crippen LogP contribution is 2.31. The second-order valence-electron chi connectivity index (χ2n) is 8.45. The number of hydrogen-bond donors (Lipinski definition) is 2. The zero-order chi connectivity index (χ0) is 23.5. The Morgan fingerprint density at radius 2 is 1.97 bits per heavy atom. The van der Waals surface area contributed by atoms with Crippen molar-refractivity contribution in [2.24, 2.45) is 0 Å². The van der Waals surface area contributed by atoms with E-state index >= 15 is 0 Å². The van der Waals surface area contributed by atoms with Crippen molar-refractivity contribution < 1.29 is 19.0 Å². The van der Waals surface area contributed by atoms with Crippen LogP contribution < -0.4 is 10.1 Å². The van der Waals surface area contributed by atoms with E-state index in [1.165, 1.54) is 12.4 Å². The third-order valence-corrected chi connectivity index (χ3v) is 6.13. The van der Waals surface area contributed by atoms with E-state index in [1.807, 2.05) is 30.3 Å². The Hall–Kier alpha value is -4.00. The van der Waals surface area contributed by atoms with Crippen LogP contribution in [0.2, 0.25) is 0 Å². The lowest BCUT2D eigenvalue weighted by Crippen LogP contribution is -2.25. The molecule has 0 unspecified atom stereocenters. The van der Waals surface area contributed by atoms with Crippen LogP contribution in [0.15, 0.2) is 67.0 Å². The minimum Gasteiger partial charge on any atom is -0.490 e. The summed E-state index contributed by atoms with van der Waals surface area (Å²) in [7, 11) is 0. The maximum absolute atomic E-state index is 14.1. The van der Waals surface area contributed by atoms with Crippen LogP contribution in [0.4, 0.5) is 10.2 Å². The van der Waals surface area contributed by atoms with E-state index in [-0.39, 0.29) is 17.5 Å². The van der Waals surface area contributed by atoms with Gasteiger partial charge in [-0.2, -0.15) is 0 Å². The summed E-state index contributed by atoms with van der Waals surface area (Å²) in [6.07, 6.45) is 5.22. The molecule has 1 aromatic heterocycles. The van der Waals surface area contributed by atoms with Gasteiger partial charge in [-0.25, -0.2) is 19.2 Å². The molecule has 1 heterocycles. The molecule has 0 amide bonds. The summed E-state index contributed by atoms with van der Waals surface area (Å²) in [5, 5.41) is 14.3. The number of aromatic carboxylic acids is 1. The van der Waals surface area contributed by atoms with Crippen LogP contribution >= 0.6 is 0 Å². The van der Waals surface area contributed by atoms with E-state index in [1.54, 1.807) is 24.3 Å². The Morgan fingerprint density at radius 1 is 1.09 bits per heavy atom. The van der Waals surface area contributed by atoms with E-state index in [2.05, 4.69) is 15.3 Å². The number of ether oxygens (including phenoxy) is 1. The third kappa shape index (κ3) is 4.69. The van der Waals surface area contributed by atoms with Gasteiger partial charge in [0.15, 0.2) is 0 Å². The lowest BCUT2D eigenvalue weighted by atomic mass is 9.96. The van der Waals surface area contributed by atoms with Crippen LogP contribution in [0, 0.1) is 5.82 Å². The molecule has 3 aromatic carbocycles. The molecule has 0 spiro atoms. The summed E-state index contributed by atoms with van der Waals surface area (Å²) in [4.78, 5) is 20.2. The van der Waals surface area contributed by atoms with E-state index in [0.717, 1.165) is 35.8 Å². The molecule has 0 aliphatic heterocycles. The highest BCUT2D eigenvalue weighted by molar-refractivity contribution is 5.92. The number of aromatic nitrogens is 2. The predicted octanol–water partition coefficient (Wildman–Crippen LogP) is 5.72. The van der Waals surface area contributed by atoms with Crippen LogP contribution in [-0.4, -0.2) is 33.7 Å². The molecule has 4 aromatic rings. The van der Waals surface area contributed by atoms with Gasteiger partial charge in [0.05, 0.1) is 11.8 Å². The van der Waals surface area contributed by atoms with Crippen LogP contribution in [0.5, 0.6) is 5.75 Å². The molecule has 34 heavy (non-hydrogen) atoms. The molecule has 1 aliphatic rings. The first kappa shape index (κ1) is 21.8. The summed E-state index contributed by atoms with van der Waals surface area (Å²) in [5.41, 5.74) is 2.60. The standard InChI is InChI=1S/C27H24FN3O3/c28-23-6-1-3-18-8-7-17(13-22(18)23)11-12-29-26-15-24(30-16-31-26)19-9-10-21(27(32)33)25(14-19)34-20-4-2-5-20/h1,3,6-10,13-16,20H,2,4-5,11-12H2,(H,32,33)(H,29,30,31). The molecule has 172 valence electrons. The molecule has 0 bridgehead atoms. The first-order chi connectivity index (χ1) is 16.6. The van der Waals surface area contributed by atoms with Gasteiger partial charge in [-0.3, -0.25) is 0 Å². The van der Waals surface area contributed by atoms with Crippen molar-refractivity contribution >= 4 is 22.6 Å². The number of fused-ring (bicyclic) bond motifs is 1. The topological polar surface area (TPSA) is 84.3 Å². The molecule has 0 saturated heterocycles. The molecule has 5 rings (SSSR count). The zero-order valence-corrected chi connectivity index (χ0v) is 18.5. The number of anilines is 1. The maximum Gasteiger partial charge on any atom is 0.339 e. The van der Waals surface area contributed by atoms with Crippen molar-refractivity contribution in [3.8, 4) is 17.0 Å². The number of carboxylic acids is 1. The lowest BCUT2D eigenvalue weighted by molar-refractivity contribution is 0.0680. The van der Waals surface area contributed by atoms with Crippen molar-refractivity contribution in [2.45, 2.75) is 31.8 Å². The van der Waals surface area contributed by atoms with Gasteiger partial charge in [-0.1, -0.05) is 30.3 Å². The van der Waals surface area contributed by atoms with Gasteiger partial charge in [0.1, 0.15) is 29.3 Å². The molecular formula is C27H24FN3O3. The normalized spacial score (nSPS) is 13.4. The number of nitrogens with zero attached hydrogens (tertiary/aromatic N) is 2. The average Bonchev–Trinajstić information content (AvgIpc) is 2.82. The molecule has 2 N–H and O–H groups in total. The Kier molecular flexibility index (Phi) is 6.08. The van der Waals surface area contributed by atoms with Crippen molar-refractivity contribution in [1.29, 1.82) is 0 Å². The number of carboxylic acid groups (broad SMARTS) is 1. The van der Waals surface area contributed by atoms with Crippen molar-refractivity contribution in [3.05, 3.63) is 83.9 Å². The smallest absolute Gasteiger partial charge is 0.339 e. The van der Waals surface area contributed by atoms with Crippen LogP contribution in [0.25, 0.3) is 22.0 Å². The monoisotopic (exact) mass is 457 g/mol. The third-order valence-electron chi connectivity index (χ3n) is 6.13. The Morgan fingerprint density at radius 3 is 2.76 bits per heavy atom. The SMILES string of the molecule is O=C(O)c1ccc(-c2cc(NCCc3ccc4cccc(F)c4c3)ncn2)cc1OC1CCC1. The maximum atomic E-state index is 14.1. The molecule has 1 saturated carbocycles. The molecular weight excluding hydrogens is 433 g/mol. The van der Waals surface area contributed by atoms with Gasteiger partial charge >= 0.3 is 5.97 Å². The summed E-state index contributed by atoms with van der Waals surface area (Å²) in [6, 6.07) is 17.7. The molecule has 6 nitrogen and oxygen atoms in total. The number of benzene rings is 3. The van der Waals surface area contributed by atoms with Gasteiger partial charge < -0.3 is 15.2 Å². The average molecular weight is 458 g/mol. The summed E-state index contributed by atoms with van der Waals surface area (Å²) in [6.45, 7) is 0.615. The number of carbonyl (C=O) groups is 1. The van der Waals surface area contributed by atoms with Crippen molar-refractivity contribution in [1.82, 2.24) is 9.97 Å². The minimum absolute atomic E-state index is 0.0690. The van der Waals surface area contributed by atoms with Crippen molar-refractivity contribution in [3.63, 3.8) is 0 Å². The van der Waals surface area contributed by atoms with Crippen LogP contribution in [0.3, 0.4) is 0 Å². The van der Waals surface area contributed by atoms with Gasteiger partial charge in [-0.15, -0.1) is 0 Å². The van der Waals surface area contributed by atoms with E-state index in [4.69, 9.17) is 4.74 Å². The Bertz CT molecular complexity index is 1350. The summed E-state index contributed by atoms with van der Waals surface area (Å²) in [5.74, 6) is -0.214. The second-order valence-corrected chi connectivity index (χ2v) is 8.45. The Balaban J connectivity index is 1.29. The zero-order valence-electron chi connectivity index (χ0n) is 18.5.